The number of rotatable bonds is 2. The molecule has 0 aliphatic heterocycles. The molecule has 1 aromatic carbocycles. The van der Waals surface area contributed by atoms with Gasteiger partial charge in [0, 0.05) is 11.8 Å². The fourth-order valence-corrected chi connectivity index (χ4v) is 2.26. The van der Waals surface area contributed by atoms with Crippen molar-refractivity contribution in [1.29, 1.82) is 0 Å². The second-order valence-corrected chi connectivity index (χ2v) is 4.10. The predicted octanol–water partition coefficient (Wildman–Crippen LogP) is 4.16. The number of fused-ring (bicyclic) bond motifs is 1. The largest absolute Gasteiger partial charge is 0.302 e. The van der Waals surface area contributed by atoms with Gasteiger partial charge in [0.25, 0.3) is 0 Å². The summed E-state index contributed by atoms with van der Waals surface area (Å²) in [6, 6.07) is 16.1. The molecular formula is C14H12Cl2N2. The van der Waals surface area contributed by atoms with Crippen molar-refractivity contribution in [2.45, 2.75) is 5.88 Å². The molecule has 2 aromatic heterocycles. The Kier molecular flexibility index (Phi) is 3.90. The van der Waals surface area contributed by atoms with Gasteiger partial charge in [-0.05, 0) is 12.1 Å². The summed E-state index contributed by atoms with van der Waals surface area (Å²) in [6.07, 6.45) is 1.99. The number of halogens is 2. The van der Waals surface area contributed by atoms with E-state index in [9.17, 15) is 0 Å². The first kappa shape index (κ1) is 12.9. The van der Waals surface area contributed by atoms with Gasteiger partial charge >= 0.3 is 0 Å². The topological polar surface area (TPSA) is 17.3 Å². The molecular weight excluding hydrogens is 267 g/mol. The van der Waals surface area contributed by atoms with Gasteiger partial charge in [-0.25, -0.2) is 4.98 Å². The van der Waals surface area contributed by atoms with Crippen molar-refractivity contribution >= 4 is 29.7 Å². The predicted molar refractivity (Wildman–Crippen MR) is 77.4 cm³/mol. The van der Waals surface area contributed by atoms with Crippen molar-refractivity contribution in [1.82, 2.24) is 9.38 Å². The molecule has 0 spiro atoms. The van der Waals surface area contributed by atoms with Gasteiger partial charge in [-0.15, -0.1) is 24.0 Å². The van der Waals surface area contributed by atoms with Crippen molar-refractivity contribution in [2.75, 3.05) is 0 Å². The number of benzene rings is 1. The lowest BCUT2D eigenvalue weighted by Crippen LogP contribution is -1.90. The number of imidazole rings is 1. The lowest BCUT2D eigenvalue weighted by Gasteiger charge is -2.00. The van der Waals surface area contributed by atoms with Crippen LogP contribution in [0.3, 0.4) is 0 Å². The molecule has 3 aromatic rings. The second kappa shape index (κ2) is 5.42. The summed E-state index contributed by atoms with van der Waals surface area (Å²) in [4.78, 5) is 4.63. The average Bonchev–Trinajstić information content (AvgIpc) is 2.78. The van der Waals surface area contributed by atoms with E-state index in [0.717, 1.165) is 22.6 Å². The van der Waals surface area contributed by atoms with Crippen molar-refractivity contribution in [3.63, 3.8) is 0 Å². The van der Waals surface area contributed by atoms with Gasteiger partial charge in [0.1, 0.15) is 5.65 Å². The van der Waals surface area contributed by atoms with Crippen LogP contribution < -0.4 is 0 Å². The van der Waals surface area contributed by atoms with Crippen molar-refractivity contribution in [3.8, 4) is 11.3 Å². The van der Waals surface area contributed by atoms with E-state index >= 15 is 0 Å². The van der Waals surface area contributed by atoms with Crippen molar-refractivity contribution in [2.24, 2.45) is 0 Å². The highest BCUT2D eigenvalue weighted by Gasteiger charge is 2.11. The minimum atomic E-state index is 0. The van der Waals surface area contributed by atoms with E-state index in [2.05, 4.69) is 17.1 Å². The summed E-state index contributed by atoms with van der Waals surface area (Å²) in [5, 5.41) is 0. The summed E-state index contributed by atoms with van der Waals surface area (Å²) in [5.74, 6) is 0.454. The Balaban J connectivity index is 0.00000120. The van der Waals surface area contributed by atoms with Crippen LogP contribution in [0.4, 0.5) is 0 Å². The van der Waals surface area contributed by atoms with E-state index in [1.165, 1.54) is 0 Å². The second-order valence-electron chi connectivity index (χ2n) is 3.84. The van der Waals surface area contributed by atoms with E-state index in [1.807, 2.05) is 47.0 Å². The average molecular weight is 279 g/mol. The highest BCUT2D eigenvalue weighted by atomic mass is 35.5. The van der Waals surface area contributed by atoms with Crippen LogP contribution in [0, 0.1) is 0 Å². The van der Waals surface area contributed by atoms with E-state index in [4.69, 9.17) is 11.6 Å². The molecule has 0 unspecified atom stereocenters. The molecule has 0 bridgehead atoms. The van der Waals surface area contributed by atoms with Gasteiger partial charge in [0.15, 0.2) is 0 Å². The normalized spacial score (nSPS) is 10.3. The summed E-state index contributed by atoms with van der Waals surface area (Å²) < 4.78 is 2.04. The van der Waals surface area contributed by atoms with Crippen LogP contribution in [-0.4, -0.2) is 9.38 Å². The third-order valence-electron chi connectivity index (χ3n) is 2.80. The lowest BCUT2D eigenvalue weighted by molar-refractivity contribution is 1.09. The zero-order valence-electron chi connectivity index (χ0n) is 9.58. The van der Waals surface area contributed by atoms with Crippen molar-refractivity contribution in [3.05, 3.63) is 60.4 Å². The molecule has 4 heteroatoms. The van der Waals surface area contributed by atoms with Crippen molar-refractivity contribution < 1.29 is 0 Å². The van der Waals surface area contributed by atoms with Crippen LogP contribution in [0.2, 0.25) is 0 Å². The molecule has 0 atom stereocenters. The standard InChI is InChI=1S/C14H11ClN2.ClH/c15-10-12-14(11-6-2-1-3-7-11)16-13-8-4-5-9-17(12)13;/h1-9H,10H2;1H. The number of aromatic nitrogens is 2. The van der Waals surface area contributed by atoms with Gasteiger partial charge in [-0.2, -0.15) is 0 Å². The first-order valence-electron chi connectivity index (χ1n) is 5.47. The van der Waals surface area contributed by atoms with Crippen LogP contribution in [0.1, 0.15) is 5.69 Å². The molecule has 18 heavy (non-hydrogen) atoms. The maximum absolute atomic E-state index is 6.04. The van der Waals surface area contributed by atoms with Crippen LogP contribution in [0.5, 0.6) is 0 Å². The smallest absolute Gasteiger partial charge is 0.137 e. The van der Waals surface area contributed by atoms with Crippen LogP contribution in [-0.2, 0) is 5.88 Å². The van der Waals surface area contributed by atoms with Gasteiger partial charge < -0.3 is 4.40 Å². The molecule has 0 aliphatic rings. The maximum atomic E-state index is 6.04. The van der Waals surface area contributed by atoms with E-state index < -0.39 is 0 Å². The monoisotopic (exact) mass is 278 g/mol. The minimum absolute atomic E-state index is 0. The number of hydrogen-bond acceptors (Lipinski definition) is 1. The Bertz CT molecular complexity index is 647. The Morgan fingerprint density at radius 3 is 2.44 bits per heavy atom. The molecule has 2 heterocycles. The maximum Gasteiger partial charge on any atom is 0.137 e. The van der Waals surface area contributed by atoms with Gasteiger partial charge in [0.2, 0.25) is 0 Å². The highest BCUT2D eigenvalue weighted by Crippen LogP contribution is 2.25. The molecule has 3 rings (SSSR count). The van der Waals surface area contributed by atoms with Gasteiger partial charge in [-0.3, -0.25) is 0 Å². The summed E-state index contributed by atoms with van der Waals surface area (Å²) in [6.45, 7) is 0. The van der Waals surface area contributed by atoms with E-state index in [1.54, 1.807) is 0 Å². The molecule has 0 amide bonds. The molecule has 0 N–H and O–H groups in total. The molecule has 0 fully saturated rings. The molecule has 0 saturated carbocycles. The molecule has 2 nitrogen and oxygen atoms in total. The molecule has 0 aliphatic carbocycles. The quantitative estimate of drug-likeness (QED) is 0.644. The number of nitrogens with zero attached hydrogens (tertiary/aromatic N) is 2. The number of pyridine rings is 1. The number of alkyl halides is 1. The SMILES string of the molecule is Cl.ClCc1c(-c2ccccc2)nc2ccccn12. The first-order chi connectivity index (χ1) is 8.40. The zero-order valence-corrected chi connectivity index (χ0v) is 11.2. The zero-order chi connectivity index (χ0) is 11.7. The van der Waals surface area contributed by atoms with Crippen LogP contribution in [0.15, 0.2) is 54.7 Å². The fraction of sp³-hybridized carbons (Fsp3) is 0.0714. The Morgan fingerprint density at radius 1 is 1.00 bits per heavy atom. The summed E-state index contributed by atoms with van der Waals surface area (Å²) in [7, 11) is 0. The Labute approximate surface area is 117 Å². The first-order valence-corrected chi connectivity index (χ1v) is 6.01. The minimum Gasteiger partial charge on any atom is -0.302 e. The van der Waals surface area contributed by atoms with E-state index in [-0.39, 0.29) is 12.4 Å². The summed E-state index contributed by atoms with van der Waals surface area (Å²) >= 11 is 6.04. The van der Waals surface area contributed by atoms with Gasteiger partial charge in [0.05, 0.1) is 17.3 Å². The Hall–Kier alpha value is -1.51. The van der Waals surface area contributed by atoms with Crippen LogP contribution in [0.25, 0.3) is 16.9 Å². The molecule has 92 valence electrons. The third kappa shape index (κ3) is 2.09. The molecule has 0 saturated heterocycles. The van der Waals surface area contributed by atoms with E-state index in [0.29, 0.717) is 5.88 Å². The van der Waals surface area contributed by atoms with Gasteiger partial charge in [-0.1, -0.05) is 36.4 Å². The highest BCUT2D eigenvalue weighted by molar-refractivity contribution is 6.17. The third-order valence-corrected chi connectivity index (χ3v) is 3.06. The number of hydrogen-bond donors (Lipinski definition) is 0. The summed E-state index contributed by atoms with van der Waals surface area (Å²) in [5.41, 5.74) is 4.04. The Morgan fingerprint density at radius 2 is 1.72 bits per heavy atom. The van der Waals surface area contributed by atoms with Crippen LogP contribution >= 0.6 is 24.0 Å². The molecule has 0 radical (unpaired) electrons. The fourth-order valence-electron chi connectivity index (χ4n) is 2.00. The lowest BCUT2D eigenvalue weighted by atomic mass is 10.1.